The van der Waals surface area contributed by atoms with Gasteiger partial charge in [0.2, 0.25) is 21.8 Å². The van der Waals surface area contributed by atoms with Gasteiger partial charge in [-0.05, 0) is 55.5 Å². The molecular weight excluding hydrogens is 438 g/mol. The average Bonchev–Trinajstić information content (AvgIpc) is 2.77. The van der Waals surface area contributed by atoms with Crippen molar-refractivity contribution in [3.63, 3.8) is 0 Å². The van der Waals surface area contributed by atoms with Crippen LogP contribution in [0, 0.1) is 13.8 Å². The van der Waals surface area contributed by atoms with Crippen LogP contribution in [0.5, 0.6) is 0 Å². The molecule has 0 aliphatic heterocycles. The van der Waals surface area contributed by atoms with Gasteiger partial charge in [0.15, 0.2) is 0 Å². The molecule has 1 unspecified atom stereocenters. The highest BCUT2D eigenvalue weighted by molar-refractivity contribution is 7.92. The number of sulfonamides is 1. The number of nitrogens with zero attached hydrogens (tertiary/aromatic N) is 2. The minimum Gasteiger partial charge on any atom is -0.354 e. The van der Waals surface area contributed by atoms with Crippen LogP contribution in [0.1, 0.15) is 43.4 Å². The molecule has 1 atom stereocenters. The Balaban J connectivity index is 2.41. The van der Waals surface area contributed by atoms with Gasteiger partial charge in [-0.1, -0.05) is 50.2 Å². The molecule has 0 aliphatic carbocycles. The van der Waals surface area contributed by atoms with E-state index >= 15 is 0 Å². The number of hydrogen-bond acceptors (Lipinski definition) is 4. The van der Waals surface area contributed by atoms with Crippen molar-refractivity contribution in [2.24, 2.45) is 0 Å². The predicted octanol–water partition coefficient (Wildman–Crippen LogP) is 3.40. The van der Waals surface area contributed by atoms with E-state index in [0.29, 0.717) is 18.7 Å². The van der Waals surface area contributed by atoms with Crippen LogP contribution in [0.4, 0.5) is 5.69 Å². The minimum absolute atomic E-state index is 0.211. The van der Waals surface area contributed by atoms with E-state index < -0.39 is 22.0 Å². The molecule has 0 aliphatic rings. The molecule has 180 valence electrons. The highest BCUT2D eigenvalue weighted by Gasteiger charge is 2.31. The van der Waals surface area contributed by atoms with Gasteiger partial charge >= 0.3 is 0 Å². The number of hydrogen-bond donors (Lipinski definition) is 1. The number of nitrogens with one attached hydrogen (secondary N) is 1. The van der Waals surface area contributed by atoms with Gasteiger partial charge in [-0.15, -0.1) is 0 Å². The maximum atomic E-state index is 13.5. The van der Waals surface area contributed by atoms with E-state index in [0.717, 1.165) is 33.7 Å². The van der Waals surface area contributed by atoms with E-state index in [9.17, 15) is 18.0 Å². The summed E-state index contributed by atoms with van der Waals surface area (Å²) in [5.41, 5.74) is 3.25. The lowest BCUT2D eigenvalue weighted by molar-refractivity contribution is -0.140. The number of aryl methyl sites for hydroxylation is 2. The molecule has 0 spiro atoms. The topological polar surface area (TPSA) is 86.8 Å². The molecule has 33 heavy (non-hydrogen) atoms. The fourth-order valence-electron chi connectivity index (χ4n) is 3.56. The van der Waals surface area contributed by atoms with Crippen LogP contribution in [0.3, 0.4) is 0 Å². The smallest absolute Gasteiger partial charge is 0.244 e. The van der Waals surface area contributed by atoms with Crippen LogP contribution in [-0.4, -0.2) is 50.5 Å². The van der Waals surface area contributed by atoms with Crippen LogP contribution in [0.25, 0.3) is 0 Å². The third-order valence-corrected chi connectivity index (χ3v) is 6.73. The summed E-state index contributed by atoms with van der Waals surface area (Å²) in [6, 6.07) is 14.0. The first kappa shape index (κ1) is 26.4. The first-order chi connectivity index (χ1) is 15.6. The Morgan fingerprint density at radius 2 is 1.67 bits per heavy atom. The summed E-state index contributed by atoms with van der Waals surface area (Å²) in [6.07, 6.45) is 2.28. The molecule has 2 aromatic rings. The normalized spacial score (nSPS) is 12.2. The Kier molecular flexibility index (Phi) is 9.46. The zero-order chi connectivity index (χ0) is 24.6. The first-order valence-corrected chi connectivity index (χ1v) is 13.1. The zero-order valence-electron chi connectivity index (χ0n) is 20.2. The summed E-state index contributed by atoms with van der Waals surface area (Å²) < 4.78 is 26.4. The van der Waals surface area contributed by atoms with Gasteiger partial charge in [-0.2, -0.15) is 0 Å². The second-order valence-electron chi connectivity index (χ2n) is 8.26. The van der Waals surface area contributed by atoms with Gasteiger partial charge in [0.1, 0.15) is 12.6 Å². The van der Waals surface area contributed by atoms with Crippen molar-refractivity contribution >= 4 is 27.5 Å². The van der Waals surface area contributed by atoms with Crippen molar-refractivity contribution in [1.29, 1.82) is 0 Å². The molecule has 2 aromatic carbocycles. The highest BCUT2D eigenvalue weighted by atomic mass is 32.2. The molecule has 2 rings (SSSR count). The van der Waals surface area contributed by atoms with Crippen molar-refractivity contribution in [1.82, 2.24) is 10.2 Å². The predicted molar refractivity (Wildman–Crippen MR) is 132 cm³/mol. The van der Waals surface area contributed by atoms with E-state index in [-0.39, 0.29) is 19.0 Å². The van der Waals surface area contributed by atoms with Gasteiger partial charge in [-0.25, -0.2) is 8.42 Å². The van der Waals surface area contributed by atoms with Crippen molar-refractivity contribution in [3.05, 3.63) is 65.2 Å². The monoisotopic (exact) mass is 473 g/mol. The van der Waals surface area contributed by atoms with E-state index in [2.05, 4.69) is 5.32 Å². The highest BCUT2D eigenvalue weighted by Crippen LogP contribution is 2.22. The Labute approximate surface area is 197 Å². The molecule has 8 heteroatoms. The van der Waals surface area contributed by atoms with E-state index in [1.165, 1.54) is 4.90 Å². The third-order valence-electron chi connectivity index (χ3n) is 5.59. The van der Waals surface area contributed by atoms with E-state index in [1.54, 1.807) is 12.1 Å². The Morgan fingerprint density at radius 1 is 1.00 bits per heavy atom. The molecule has 2 amide bonds. The first-order valence-electron chi connectivity index (χ1n) is 11.2. The lowest BCUT2D eigenvalue weighted by atomic mass is 10.1. The summed E-state index contributed by atoms with van der Waals surface area (Å²) in [6.45, 7) is 7.99. The summed E-state index contributed by atoms with van der Waals surface area (Å²) >= 11 is 0. The molecule has 1 N–H and O–H groups in total. The Morgan fingerprint density at radius 3 is 2.21 bits per heavy atom. The number of carbonyl (C=O) groups excluding carboxylic acids is 2. The van der Waals surface area contributed by atoms with E-state index in [4.69, 9.17) is 0 Å². The lowest BCUT2D eigenvalue weighted by Crippen LogP contribution is -2.52. The van der Waals surface area contributed by atoms with Gasteiger partial charge in [0.25, 0.3) is 0 Å². The maximum absolute atomic E-state index is 13.5. The molecule has 0 fully saturated rings. The van der Waals surface area contributed by atoms with Crippen LogP contribution < -0.4 is 9.62 Å². The SMILES string of the molecule is CCCNC(=O)C(CC)N(Cc1ccccc1)C(=O)CN(c1ccc(C)c(C)c1)S(C)(=O)=O. The molecular formula is C25H35N3O4S. The average molecular weight is 474 g/mol. The van der Waals surface area contributed by atoms with Gasteiger partial charge in [0, 0.05) is 13.1 Å². The molecule has 0 bridgehead atoms. The minimum atomic E-state index is -3.73. The number of carbonyl (C=O) groups is 2. The summed E-state index contributed by atoms with van der Waals surface area (Å²) in [5.74, 6) is -0.665. The Hall–Kier alpha value is -2.87. The molecule has 0 radical (unpaired) electrons. The molecule has 0 saturated heterocycles. The molecule has 0 heterocycles. The number of rotatable bonds is 11. The summed E-state index contributed by atoms with van der Waals surface area (Å²) in [7, 11) is -3.73. The van der Waals surface area contributed by atoms with Crippen molar-refractivity contribution in [3.8, 4) is 0 Å². The lowest BCUT2D eigenvalue weighted by Gasteiger charge is -2.33. The van der Waals surface area contributed by atoms with Crippen molar-refractivity contribution < 1.29 is 18.0 Å². The quantitative estimate of drug-likeness (QED) is 0.542. The van der Waals surface area contributed by atoms with Crippen LogP contribution >= 0.6 is 0 Å². The van der Waals surface area contributed by atoms with Crippen LogP contribution in [0.15, 0.2) is 48.5 Å². The van der Waals surface area contributed by atoms with Crippen LogP contribution in [-0.2, 0) is 26.2 Å². The van der Waals surface area contributed by atoms with Gasteiger partial charge in [-0.3, -0.25) is 13.9 Å². The number of benzene rings is 2. The molecule has 0 aromatic heterocycles. The van der Waals surface area contributed by atoms with Crippen molar-refractivity contribution in [2.75, 3.05) is 23.7 Å². The van der Waals surface area contributed by atoms with E-state index in [1.807, 2.05) is 64.1 Å². The van der Waals surface area contributed by atoms with Crippen LogP contribution in [0.2, 0.25) is 0 Å². The fourth-order valence-corrected chi connectivity index (χ4v) is 4.40. The van der Waals surface area contributed by atoms with Crippen molar-refractivity contribution in [2.45, 2.75) is 53.1 Å². The number of anilines is 1. The van der Waals surface area contributed by atoms with Gasteiger partial charge in [0.05, 0.1) is 11.9 Å². The Bertz CT molecular complexity index is 1050. The zero-order valence-corrected chi connectivity index (χ0v) is 21.0. The van der Waals surface area contributed by atoms with Gasteiger partial charge < -0.3 is 10.2 Å². The second-order valence-corrected chi connectivity index (χ2v) is 10.2. The molecule has 0 saturated carbocycles. The second kappa shape index (κ2) is 11.8. The maximum Gasteiger partial charge on any atom is 0.244 e. The fraction of sp³-hybridized carbons (Fsp3) is 0.440. The molecule has 7 nitrogen and oxygen atoms in total. The summed E-state index contributed by atoms with van der Waals surface area (Å²) in [4.78, 5) is 27.9. The summed E-state index contributed by atoms with van der Waals surface area (Å²) in [5, 5.41) is 2.87. The standard InChI is InChI=1S/C25H35N3O4S/c1-6-15-26-25(30)23(7-2)27(17-21-11-9-8-10-12-21)24(29)18-28(33(5,31)32)22-14-13-19(3)20(4)16-22/h8-14,16,23H,6-7,15,17-18H2,1-5H3,(H,26,30). The largest absolute Gasteiger partial charge is 0.354 e. The number of amides is 2. The third kappa shape index (κ3) is 7.32.